The Labute approximate surface area is 167 Å². The number of hydrogen-bond acceptors (Lipinski definition) is 6. The standard InChI is InChI=1S/C20H21N5O2S/c1-27-16-11-7-14(8-12-16)18-23-24-20(25(18)21)28-17(13-5-3-2-4-6-13)19(26)22-15-9-10-15/h2-8,11-12,15,17H,9-10,21H2,1H3,(H,22,26)/t17-/m1/s1. The minimum absolute atomic E-state index is 0.0345. The molecule has 0 radical (unpaired) electrons. The molecule has 1 fully saturated rings. The van der Waals surface area contributed by atoms with Crippen molar-refractivity contribution in [3.05, 3.63) is 60.2 Å². The molecule has 0 bridgehead atoms. The summed E-state index contributed by atoms with van der Waals surface area (Å²) in [6, 6.07) is 17.3. The van der Waals surface area contributed by atoms with Crippen LogP contribution in [0.15, 0.2) is 59.8 Å². The third kappa shape index (κ3) is 3.96. The maximum Gasteiger partial charge on any atom is 0.238 e. The molecule has 1 heterocycles. The quantitative estimate of drug-likeness (QED) is 0.472. The van der Waals surface area contributed by atoms with Crippen LogP contribution in [-0.2, 0) is 4.79 Å². The number of aromatic nitrogens is 3. The molecule has 1 saturated carbocycles. The molecule has 4 rings (SSSR count). The van der Waals surface area contributed by atoms with E-state index < -0.39 is 5.25 Å². The van der Waals surface area contributed by atoms with Crippen molar-refractivity contribution < 1.29 is 9.53 Å². The highest BCUT2D eigenvalue weighted by molar-refractivity contribution is 8.00. The van der Waals surface area contributed by atoms with Gasteiger partial charge < -0.3 is 15.9 Å². The number of benzene rings is 2. The predicted octanol–water partition coefficient (Wildman–Crippen LogP) is 2.78. The highest BCUT2D eigenvalue weighted by Gasteiger charge is 2.30. The van der Waals surface area contributed by atoms with E-state index in [1.54, 1.807) is 7.11 Å². The van der Waals surface area contributed by atoms with Crippen molar-refractivity contribution in [3.63, 3.8) is 0 Å². The van der Waals surface area contributed by atoms with E-state index in [1.165, 1.54) is 16.4 Å². The van der Waals surface area contributed by atoms with E-state index in [-0.39, 0.29) is 11.9 Å². The average Bonchev–Trinajstić information content (AvgIpc) is 3.47. The summed E-state index contributed by atoms with van der Waals surface area (Å²) in [5.41, 5.74) is 1.72. The van der Waals surface area contributed by atoms with Crippen LogP contribution in [0.2, 0.25) is 0 Å². The molecule has 0 unspecified atom stereocenters. The van der Waals surface area contributed by atoms with Gasteiger partial charge in [-0.3, -0.25) is 4.79 Å². The second-order valence-electron chi connectivity index (χ2n) is 6.60. The fourth-order valence-corrected chi connectivity index (χ4v) is 3.77. The van der Waals surface area contributed by atoms with Gasteiger partial charge in [-0.2, -0.15) is 0 Å². The van der Waals surface area contributed by atoms with Gasteiger partial charge in [0.15, 0.2) is 5.82 Å². The first kappa shape index (κ1) is 18.4. The lowest BCUT2D eigenvalue weighted by Gasteiger charge is -2.16. The number of methoxy groups -OCH3 is 1. The first-order valence-electron chi connectivity index (χ1n) is 9.02. The molecule has 8 heteroatoms. The molecule has 1 aromatic heterocycles. The second-order valence-corrected chi connectivity index (χ2v) is 7.67. The van der Waals surface area contributed by atoms with Crippen LogP contribution in [0.25, 0.3) is 11.4 Å². The Balaban J connectivity index is 1.59. The molecule has 144 valence electrons. The first-order chi connectivity index (χ1) is 13.7. The number of carbonyl (C=O) groups is 1. The fraction of sp³-hybridized carbons (Fsp3) is 0.250. The number of ether oxygens (including phenoxy) is 1. The normalized spacial score (nSPS) is 14.5. The fourth-order valence-electron chi connectivity index (χ4n) is 2.81. The van der Waals surface area contributed by atoms with Crippen molar-refractivity contribution in [2.24, 2.45) is 0 Å². The molecule has 1 aliphatic carbocycles. The van der Waals surface area contributed by atoms with Gasteiger partial charge in [-0.1, -0.05) is 42.1 Å². The number of hydrogen-bond donors (Lipinski definition) is 2. The van der Waals surface area contributed by atoms with E-state index in [0.29, 0.717) is 11.0 Å². The highest BCUT2D eigenvalue weighted by Crippen LogP contribution is 2.36. The zero-order valence-electron chi connectivity index (χ0n) is 15.4. The summed E-state index contributed by atoms with van der Waals surface area (Å²) >= 11 is 1.30. The summed E-state index contributed by atoms with van der Waals surface area (Å²) in [6.07, 6.45) is 2.07. The number of carbonyl (C=O) groups excluding carboxylic acids is 1. The van der Waals surface area contributed by atoms with Crippen molar-refractivity contribution >= 4 is 17.7 Å². The second kappa shape index (κ2) is 7.93. The Kier molecular flexibility index (Phi) is 5.21. The zero-order valence-corrected chi connectivity index (χ0v) is 16.2. The van der Waals surface area contributed by atoms with E-state index in [4.69, 9.17) is 10.6 Å². The number of nitrogen functional groups attached to an aromatic ring is 1. The topological polar surface area (TPSA) is 95.1 Å². The molecular formula is C20H21N5O2S. The van der Waals surface area contributed by atoms with Crippen LogP contribution in [0.1, 0.15) is 23.7 Å². The number of thioether (sulfide) groups is 1. The lowest BCUT2D eigenvalue weighted by atomic mass is 10.1. The lowest BCUT2D eigenvalue weighted by Crippen LogP contribution is -2.30. The first-order valence-corrected chi connectivity index (χ1v) is 9.90. The molecule has 1 amide bonds. The lowest BCUT2D eigenvalue weighted by molar-refractivity contribution is -0.120. The third-order valence-corrected chi connectivity index (χ3v) is 5.71. The van der Waals surface area contributed by atoms with Crippen molar-refractivity contribution in [1.82, 2.24) is 20.2 Å². The molecule has 0 spiro atoms. The Bertz CT molecular complexity index is 954. The molecule has 1 atom stereocenters. The van der Waals surface area contributed by atoms with Crippen molar-refractivity contribution in [1.29, 1.82) is 0 Å². The summed E-state index contributed by atoms with van der Waals surface area (Å²) < 4.78 is 6.61. The van der Waals surface area contributed by atoms with Crippen LogP contribution in [0.5, 0.6) is 5.75 Å². The van der Waals surface area contributed by atoms with Crippen molar-refractivity contribution in [2.45, 2.75) is 29.3 Å². The smallest absolute Gasteiger partial charge is 0.238 e. The van der Waals surface area contributed by atoms with Gasteiger partial charge in [-0.25, -0.2) is 4.68 Å². The number of nitrogens with zero attached hydrogens (tertiary/aromatic N) is 3. The minimum Gasteiger partial charge on any atom is -0.497 e. The van der Waals surface area contributed by atoms with E-state index in [2.05, 4.69) is 15.5 Å². The molecule has 1 aliphatic rings. The van der Waals surface area contributed by atoms with Gasteiger partial charge in [0.25, 0.3) is 0 Å². The molecule has 3 aromatic rings. The van der Waals surface area contributed by atoms with Crippen LogP contribution in [0, 0.1) is 0 Å². The van der Waals surface area contributed by atoms with Crippen molar-refractivity contribution in [3.8, 4) is 17.1 Å². The SMILES string of the molecule is COc1ccc(-c2nnc(S[C@@H](C(=O)NC3CC3)c3ccccc3)n2N)cc1. The van der Waals surface area contributed by atoms with Gasteiger partial charge in [0.1, 0.15) is 11.0 Å². The van der Waals surface area contributed by atoms with Crippen LogP contribution >= 0.6 is 11.8 Å². The number of amides is 1. The van der Waals surface area contributed by atoms with Gasteiger partial charge in [0, 0.05) is 11.6 Å². The van der Waals surface area contributed by atoms with Crippen LogP contribution in [0.4, 0.5) is 0 Å². The van der Waals surface area contributed by atoms with Gasteiger partial charge in [-0.15, -0.1) is 10.2 Å². The van der Waals surface area contributed by atoms with Gasteiger partial charge in [0.2, 0.25) is 11.1 Å². The van der Waals surface area contributed by atoms with Crippen LogP contribution < -0.4 is 15.9 Å². The predicted molar refractivity (Wildman–Crippen MR) is 108 cm³/mol. The van der Waals surface area contributed by atoms with E-state index in [9.17, 15) is 4.79 Å². The molecular weight excluding hydrogens is 374 g/mol. The average molecular weight is 395 g/mol. The number of nitrogens with one attached hydrogen (secondary N) is 1. The number of nitrogens with two attached hydrogens (primary N) is 1. The Morgan fingerprint density at radius 1 is 1.18 bits per heavy atom. The highest BCUT2D eigenvalue weighted by atomic mass is 32.2. The van der Waals surface area contributed by atoms with Crippen LogP contribution in [0.3, 0.4) is 0 Å². The van der Waals surface area contributed by atoms with Crippen LogP contribution in [-0.4, -0.2) is 33.9 Å². The van der Waals surface area contributed by atoms with Gasteiger partial charge >= 0.3 is 0 Å². The number of rotatable bonds is 7. The summed E-state index contributed by atoms with van der Waals surface area (Å²) in [4.78, 5) is 12.8. The maximum atomic E-state index is 12.8. The zero-order chi connectivity index (χ0) is 19.5. The Hall–Kier alpha value is -3.00. The Morgan fingerprint density at radius 3 is 2.54 bits per heavy atom. The molecule has 28 heavy (non-hydrogen) atoms. The molecule has 3 N–H and O–H groups in total. The van der Waals surface area contributed by atoms with Gasteiger partial charge in [0.05, 0.1) is 7.11 Å². The maximum absolute atomic E-state index is 12.8. The monoisotopic (exact) mass is 395 g/mol. The minimum atomic E-state index is -0.447. The van der Waals surface area contributed by atoms with Crippen molar-refractivity contribution in [2.75, 3.05) is 13.0 Å². The summed E-state index contributed by atoms with van der Waals surface area (Å²) in [5, 5.41) is 11.5. The third-order valence-electron chi connectivity index (χ3n) is 4.50. The molecule has 0 aliphatic heterocycles. The summed E-state index contributed by atoms with van der Waals surface area (Å²) in [6.45, 7) is 0. The largest absolute Gasteiger partial charge is 0.497 e. The van der Waals surface area contributed by atoms with Gasteiger partial charge in [-0.05, 0) is 42.7 Å². The summed E-state index contributed by atoms with van der Waals surface area (Å²) in [5.74, 6) is 7.50. The molecule has 7 nitrogen and oxygen atoms in total. The van der Waals surface area contributed by atoms with E-state index >= 15 is 0 Å². The molecule has 0 saturated heterocycles. The Morgan fingerprint density at radius 2 is 1.89 bits per heavy atom. The summed E-state index contributed by atoms with van der Waals surface area (Å²) in [7, 11) is 1.62. The molecule has 2 aromatic carbocycles. The van der Waals surface area contributed by atoms with E-state index in [0.717, 1.165) is 29.7 Å². The van der Waals surface area contributed by atoms with E-state index in [1.807, 2.05) is 54.6 Å².